The Hall–Kier alpha value is -0.900. The maximum atomic E-state index is 6.79. The van der Waals surface area contributed by atoms with Crippen molar-refractivity contribution in [3.63, 3.8) is 0 Å². The minimum atomic E-state index is 0.364. The van der Waals surface area contributed by atoms with E-state index in [0.717, 1.165) is 0 Å². The first kappa shape index (κ1) is 5.24. The van der Waals surface area contributed by atoms with Crippen LogP contribution in [0.15, 0.2) is 12.7 Å². The van der Waals surface area contributed by atoms with Gasteiger partial charge in [0.1, 0.15) is 12.7 Å². The standard InChI is InChI=1S/C4H7N4/c5-1-2-8-4-6-3-7-8/h3-5H,1-2H2. The van der Waals surface area contributed by atoms with Crippen molar-refractivity contribution < 1.29 is 0 Å². The van der Waals surface area contributed by atoms with E-state index in [1.54, 1.807) is 11.0 Å². The summed E-state index contributed by atoms with van der Waals surface area (Å²) in [5, 5.41) is 3.79. The summed E-state index contributed by atoms with van der Waals surface area (Å²) >= 11 is 0. The highest BCUT2D eigenvalue weighted by molar-refractivity contribution is 4.54. The number of hydrogen-bond donors (Lipinski definition) is 0. The lowest BCUT2D eigenvalue weighted by Crippen LogP contribution is -2.02. The van der Waals surface area contributed by atoms with Crippen molar-refractivity contribution in [2.45, 2.75) is 6.54 Å². The molecule has 0 unspecified atom stereocenters. The summed E-state index contributed by atoms with van der Waals surface area (Å²) in [5.74, 6) is 0. The van der Waals surface area contributed by atoms with Gasteiger partial charge in [-0.2, -0.15) is 5.10 Å². The lowest BCUT2D eigenvalue weighted by molar-refractivity contribution is 0.617. The van der Waals surface area contributed by atoms with E-state index in [2.05, 4.69) is 10.1 Å². The Morgan fingerprint density at radius 1 is 1.62 bits per heavy atom. The van der Waals surface area contributed by atoms with Crippen LogP contribution in [0.4, 0.5) is 0 Å². The van der Waals surface area contributed by atoms with E-state index in [0.29, 0.717) is 13.1 Å². The molecular weight excluding hydrogens is 104 g/mol. The van der Waals surface area contributed by atoms with Gasteiger partial charge in [0.25, 0.3) is 0 Å². The van der Waals surface area contributed by atoms with Gasteiger partial charge in [-0.3, -0.25) is 10.4 Å². The highest BCUT2D eigenvalue weighted by atomic mass is 15.3. The van der Waals surface area contributed by atoms with Crippen molar-refractivity contribution >= 4 is 0 Å². The second-order valence-electron chi connectivity index (χ2n) is 1.41. The number of nitrogens with zero attached hydrogens (tertiary/aromatic N) is 3. The molecule has 0 aliphatic rings. The second kappa shape index (κ2) is 2.42. The summed E-state index contributed by atoms with van der Waals surface area (Å²) in [5.41, 5.74) is 6.79. The summed E-state index contributed by atoms with van der Waals surface area (Å²) in [4.78, 5) is 3.71. The van der Waals surface area contributed by atoms with Crippen LogP contribution in [0.5, 0.6) is 0 Å². The Bertz CT molecular complexity index is 134. The van der Waals surface area contributed by atoms with Gasteiger partial charge in [0.05, 0.1) is 6.54 Å². The summed E-state index contributed by atoms with van der Waals surface area (Å²) in [6.07, 6.45) is 3.07. The molecule has 1 rings (SSSR count). The molecule has 0 saturated heterocycles. The average molecular weight is 111 g/mol. The summed E-state index contributed by atoms with van der Waals surface area (Å²) in [6, 6.07) is 0. The first-order valence-corrected chi connectivity index (χ1v) is 2.40. The van der Waals surface area contributed by atoms with Gasteiger partial charge in [0.2, 0.25) is 0 Å². The summed E-state index contributed by atoms with van der Waals surface area (Å²) in [7, 11) is 0. The number of aromatic nitrogens is 3. The van der Waals surface area contributed by atoms with Gasteiger partial charge < -0.3 is 0 Å². The quantitative estimate of drug-likeness (QED) is 0.519. The molecule has 0 aliphatic heterocycles. The third-order valence-corrected chi connectivity index (χ3v) is 0.807. The predicted octanol–water partition coefficient (Wildman–Crippen LogP) is -0.439. The molecule has 1 heterocycles. The van der Waals surface area contributed by atoms with Crippen molar-refractivity contribution in [3.8, 4) is 0 Å². The van der Waals surface area contributed by atoms with E-state index >= 15 is 0 Å². The zero-order valence-electron chi connectivity index (χ0n) is 4.41. The topological polar surface area (TPSA) is 54.5 Å². The largest absolute Gasteiger partial charge is 0.256 e. The Kier molecular flexibility index (Phi) is 1.58. The molecule has 0 atom stereocenters. The molecule has 8 heavy (non-hydrogen) atoms. The lowest BCUT2D eigenvalue weighted by atomic mass is 10.7. The van der Waals surface area contributed by atoms with E-state index in [-0.39, 0.29) is 0 Å². The van der Waals surface area contributed by atoms with Crippen LogP contribution in [0.1, 0.15) is 0 Å². The molecule has 0 fully saturated rings. The molecule has 0 bridgehead atoms. The molecular formula is C4H7N4. The molecule has 4 heteroatoms. The molecule has 1 aromatic heterocycles. The van der Waals surface area contributed by atoms with Crippen LogP contribution in [-0.4, -0.2) is 21.3 Å². The Labute approximate surface area is 47.3 Å². The zero-order chi connectivity index (χ0) is 5.82. The Morgan fingerprint density at radius 2 is 2.50 bits per heavy atom. The molecule has 0 saturated carbocycles. The fourth-order valence-electron chi connectivity index (χ4n) is 0.463. The molecule has 43 valence electrons. The number of rotatable bonds is 2. The average Bonchev–Trinajstić information content (AvgIpc) is 2.19. The van der Waals surface area contributed by atoms with Crippen molar-refractivity contribution in [3.05, 3.63) is 12.7 Å². The van der Waals surface area contributed by atoms with Gasteiger partial charge in [0, 0.05) is 6.54 Å². The smallest absolute Gasteiger partial charge is 0.137 e. The lowest BCUT2D eigenvalue weighted by Gasteiger charge is -1.90. The first-order chi connectivity index (χ1) is 3.93. The van der Waals surface area contributed by atoms with Crippen LogP contribution >= 0.6 is 0 Å². The highest BCUT2D eigenvalue weighted by Crippen LogP contribution is 1.75. The van der Waals surface area contributed by atoms with Gasteiger partial charge in [-0.15, -0.1) is 0 Å². The van der Waals surface area contributed by atoms with E-state index in [1.807, 2.05) is 0 Å². The molecule has 1 aromatic rings. The van der Waals surface area contributed by atoms with E-state index in [1.165, 1.54) is 6.33 Å². The van der Waals surface area contributed by atoms with Gasteiger partial charge in [-0.1, -0.05) is 0 Å². The number of hydrogen-bond acceptors (Lipinski definition) is 2. The molecule has 0 aliphatic carbocycles. The third-order valence-electron chi connectivity index (χ3n) is 0.807. The summed E-state index contributed by atoms with van der Waals surface area (Å²) < 4.78 is 1.63. The van der Waals surface area contributed by atoms with E-state index in [4.69, 9.17) is 5.73 Å². The molecule has 0 amide bonds. The highest BCUT2D eigenvalue weighted by Gasteiger charge is 1.84. The van der Waals surface area contributed by atoms with Crippen molar-refractivity contribution in [1.29, 1.82) is 0 Å². The molecule has 1 N–H and O–H groups in total. The van der Waals surface area contributed by atoms with Crippen LogP contribution in [0, 0.1) is 0 Å². The normalized spacial score (nSPS) is 9.62. The third kappa shape index (κ3) is 1.04. The fourth-order valence-corrected chi connectivity index (χ4v) is 0.463. The van der Waals surface area contributed by atoms with Crippen molar-refractivity contribution in [2.24, 2.45) is 0 Å². The van der Waals surface area contributed by atoms with Gasteiger partial charge >= 0.3 is 0 Å². The first-order valence-electron chi connectivity index (χ1n) is 2.40. The van der Waals surface area contributed by atoms with Crippen LogP contribution < -0.4 is 5.73 Å². The van der Waals surface area contributed by atoms with Crippen LogP contribution in [0.25, 0.3) is 0 Å². The SMILES string of the molecule is [NH]CCn1cncn1. The minimum Gasteiger partial charge on any atom is -0.256 e. The van der Waals surface area contributed by atoms with Crippen molar-refractivity contribution in [1.82, 2.24) is 20.5 Å². The maximum Gasteiger partial charge on any atom is 0.137 e. The second-order valence-corrected chi connectivity index (χ2v) is 1.41. The molecule has 0 aromatic carbocycles. The molecule has 0 spiro atoms. The predicted molar refractivity (Wildman–Crippen MR) is 28.0 cm³/mol. The Balaban J connectivity index is 2.50. The van der Waals surface area contributed by atoms with Gasteiger partial charge in [-0.25, -0.2) is 4.98 Å². The van der Waals surface area contributed by atoms with Crippen LogP contribution in [0.2, 0.25) is 0 Å². The summed E-state index contributed by atoms with van der Waals surface area (Å²) in [6.45, 7) is 1.00. The van der Waals surface area contributed by atoms with Gasteiger partial charge in [0.15, 0.2) is 0 Å². The fraction of sp³-hybridized carbons (Fsp3) is 0.500. The van der Waals surface area contributed by atoms with Crippen LogP contribution in [0.3, 0.4) is 0 Å². The zero-order valence-corrected chi connectivity index (χ0v) is 4.41. The van der Waals surface area contributed by atoms with E-state index in [9.17, 15) is 0 Å². The Morgan fingerprint density at radius 3 is 3.00 bits per heavy atom. The van der Waals surface area contributed by atoms with Crippen LogP contribution in [-0.2, 0) is 6.54 Å². The number of nitrogens with one attached hydrogen (secondary N) is 1. The van der Waals surface area contributed by atoms with Crippen molar-refractivity contribution in [2.75, 3.05) is 6.54 Å². The van der Waals surface area contributed by atoms with E-state index < -0.39 is 0 Å². The molecule has 4 nitrogen and oxygen atoms in total. The monoisotopic (exact) mass is 111 g/mol. The minimum absolute atomic E-state index is 0.364. The molecule has 1 radical (unpaired) electrons. The van der Waals surface area contributed by atoms with Gasteiger partial charge in [-0.05, 0) is 0 Å². The maximum absolute atomic E-state index is 6.79.